The predicted molar refractivity (Wildman–Crippen MR) is 98.2 cm³/mol. The largest absolute Gasteiger partial charge is 0.497 e. The first-order chi connectivity index (χ1) is 11.5. The van der Waals surface area contributed by atoms with Gasteiger partial charge in [-0.05, 0) is 40.2 Å². The number of amides is 1. The van der Waals surface area contributed by atoms with Gasteiger partial charge in [-0.15, -0.1) is 0 Å². The zero-order valence-corrected chi connectivity index (χ0v) is 15.3. The zero-order chi connectivity index (χ0) is 17.5. The van der Waals surface area contributed by atoms with Crippen LogP contribution in [0.25, 0.3) is 0 Å². The molecule has 1 N–H and O–H groups in total. The van der Waals surface area contributed by atoms with Gasteiger partial charge in [-0.3, -0.25) is 4.79 Å². The zero-order valence-electron chi connectivity index (χ0n) is 13.7. The summed E-state index contributed by atoms with van der Waals surface area (Å²) in [6.07, 6.45) is 1.62. The first-order valence-corrected chi connectivity index (χ1v) is 8.05. The Morgan fingerprint density at radius 1 is 1.12 bits per heavy atom. The first kappa shape index (κ1) is 17.9. The van der Waals surface area contributed by atoms with Gasteiger partial charge in [0.25, 0.3) is 5.91 Å². The molecule has 0 bridgehead atoms. The van der Waals surface area contributed by atoms with Crippen molar-refractivity contribution in [2.24, 2.45) is 0 Å². The van der Waals surface area contributed by atoms with Crippen LogP contribution in [0, 0.1) is 0 Å². The summed E-state index contributed by atoms with van der Waals surface area (Å²) in [4.78, 5) is 14.4. The summed E-state index contributed by atoms with van der Waals surface area (Å²) in [5, 5.41) is 2.82. The Morgan fingerprint density at radius 3 is 2.46 bits per heavy atom. The number of hydrogen-bond donors (Lipinski definition) is 1. The summed E-state index contributed by atoms with van der Waals surface area (Å²) >= 11 is 3.41. The maximum Gasteiger partial charge on any atom is 0.292 e. The minimum absolute atomic E-state index is 0.181. The number of carbonyl (C=O) groups is 1. The number of rotatable bonds is 6. The van der Waals surface area contributed by atoms with Gasteiger partial charge in [0.1, 0.15) is 11.5 Å². The molecule has 5 nitrogen and oxygen atoms in total. The molecule has 6 heteroatoms. The second-order valence-corrected chi connectivity index (χ2v) is 6.03. The molecule has 0 fully saturated rings. The average molecular weight is 391 g/mol. The maximum atomic E-state index is 12.6. The van der Waals surface area contributed by atoms with E-state index in [2.05, 4.69) is 21.2 Å². The average Bonchev–Trinajstić information content (AvgIpc) is 2.56. The van der Waals surface area contributed by atoms with Crippen molar-refractivity contribution in [3.8, 4) is 11.5 Å². The summed E-state index contributed by atoms with van der Waals surface area (Å²) in [7, 11) is 5.22. The molecule has 0 radical (unpaired) electrons. The van der Waals surface area contributed by atoms with E-state index in [0.717, 1.165) is 4.47 Å². The van der Waals surface area contributed by atoms with E-state index in [4.69, 9.17) is 9.47 Å². The highest BCUT2D eigenvalue weighted by Crippen LogP contribution is 2.27. The normalized spacial score (nSPS) is 10.9. The summed E-state index contributed by atoms with van der Waals surface area (Å²) < 4.78 is 11.7. The Hall–Kier alpha value is -2.47. The Labute approximate surface area is 150 Å². The molecule has 0 aliphatic heterocycles. The van der Waals surface area contributed by atoms with Gasteiger partial charge in [0.15, 0.2) is 0 Å². The van der Waals surface area contributed by atoms with Crippen molar-refractivity contribution in [1.29, 1.82) is 0 Å². The topological polar surface area (TPSA) is 50.8 Å². The van der Waals surface area contributed by atoms with Crippen LogP contribution < -0.4 is 14.8 Å². The molecule has 0 aliphatic carbocycles. The number of benzene rings is 2. The number of nitrogens with zero attached hydrogens (tertiary/aromatic N) is 1. The molecule has 2 aromatic carbocycles. The lowest BCUT2D eigenvalue weighted by molar-refractivity contribution is -0.114. The van der Waals surface area contributed by atoms with E-state index >= 15 is 0 Å². The third-order valence-electron chi connectivity index (χ3n) is 2.99. The SMILES string of the molecule is COc1ccc(Br)c(NC(=O)/C(=C/N(C)C)Oc2ccccc2)c1. The van der Waals surface area contributed by atoms with Crippen LogP contribution in [-0.4, -0.2) is 32.0 Å². The van der Waals surface area contributed by atoms with Gasteiger partial charge in [0.05, 0.1) is 12.8 Å². The summed E-state index contributed by atoms with van der Waals surface area (Å²) in [5.41, 5.74) is 0.598. The van der Waals surface area contributed by atoms with Gasteiger partial charge in [-0.25, -0.2) is 0 Å². The van der Waals surface area contributed by atoms with Crippen LogP contribution in [0.15, 0.2) is 65.0 Å². The third-order valence-corrected chi connectivity index (χ3v) is 3.68. The van der Waals surface area contributed by atoms with Crippen LogP contribution in [0.5, 0.6) is 11.5 Å². The van der Waals surface area contributed by atoms with Crippen LogP contribution in [0.2, 0.25) is 0 Å². The molecule has 1 amide bonds. The van der Waals surface area contributed by atoms with Crippen molar-refractivity contribution in [3.63, 3.8) is 0 Å². The van der Waals surface area contributed by atoms with Gasteiger partial charge in [0, 0.05) is 30.8 Å². The lowest BCUT2D eigenvalue weighted by atomic mass is 10.3. The monoisotopic (exact) mass is 390 g/mol. The van der Waals surface area contributed by atoms with E-state index in [9.17, 15) is 4.79 Å². The molecule has 0 aliphatic rings. The van der Waals surface area contributed by atoms with Crippen molar-refractivity contribution < 1.29 is 14.3 Å². The lowest BCUT2D eigenvalue weighted by Gasteiger charge is -2.14. The molecule has 0 saturated carbocycles. The van der Waals surface area contributed by atoms with Crippen LogP contribution >= 0.6 is 15.9 Å². The summed E-state index contributed by atoms with van der Waals surface area (Å²) in [5.74, 6) is 1.06. The molecule has 2 aromatic rings. The second kappa shape index (κ2) is 8.40. The number of para-hydroxylation sites is 1. The minimum atomic E-state index is -0.360. The number of carbonyl (C=O) groups excluding carboxylic acids is 1. The Morgan fingerprint density at radius 2 is 1.83 bits per heavy atom. The molecule has 0 atom stereocenters. The predicted octanol–water partition coefficient (Wildman–Crippen LogP) is 3.88. The number of nitrogens with one attached hydrogen (secondary N) is 1. The Balaban J connectivity index is 2.22. The van der Waals surface area contributed by atoms with Crippen LogP contribution in [0.4, 0.5) is 5.69 Å². The van der Waals surface area contributed by atoms with Crippen LogP contribution in [0.1, 0.15) is 0 Å². The molecule has 0 aromatic heterocycles. The van der Waals surface area contributed by atoms with Crippen molar-refractivity contribution in [2.75, 3.05) is 26.5 Å². The highest BCUT2D eigenvalue weighted by atomic mass is 79.9. The first-order valence-electron chi connectivity index (χ1n) is 7.25. The number of methoxy groups -OCH3 is 1. The molecule has 0 heterocycles. The highest BCUT2D eigenvalue weighted by molar-refractivity contribution is 9.10. The molecule has 2 rings (SSSR count). The van der Waals surface area contributed by atoms with E-state index in [1.54, 1.807) is 42.5 Å². The minimum Gasteiger partial charge on any atom is -0.497 e. The standard InChI is InChI=1S/C18H19BrN2O3/c1-21(2)12-17(24-13-7-5-4-6-8-13)18(22)20-16-11-14(23-3)9-10-15(16)19/h4-12H,1-3H3,(H,20,22)/b17-12-. The number of hydrogen-bond acceptors (Lipinski definition) is 4. The number of halogens is 1. The molecule has 24 heavy (non-hydrogen) atoms. The van der Waals surface area contributed by atoms with Gasteiger partial charge in [-0.2, -0.15) is 0 Å². The Bertz CT molecular complexity index is 730. The van der Waals surface area contributed by atoms with Gasteiger partial charge in [0.2, 0.25) is 5.76 Å². The van der Waals surface area contributed by atoms with Gasteiger partial charge < -0.3 is 19.7 Å². The number of ether oxygens (including phenoxy) is 2. The molecule has 0 spiro atoms. The summed E-state index contributed by atoms with van der Waals surface area (Å²) in [6.45, 7) is 0. The van der Waals surface area contributed by atoms with Gasteiger partial charge in [-0.1, -0.05) is 18.2 Å². The quantitative estimate of drug-likeness (QED) is 0.600. The summed E-state index contributed by atoms with van der Waals surface area (Å²) in [6, 6.07) is 14.5. The smallest absolute Gasteiger partial charge is 0.292 e. The maximum absolute atomic E-state index is 12.6. The van der Waals surface area contributed by atoms with Crippen LogP contribution in [-0.2, 0) is 4.79 Å². The molecule has 0 unspecified atom stereocenters. The lowest BCUT2D eigenvalue weighted by Crippen LogP contribution is -2.21. The fourth-order valence-electron chi connectivity index (χ4n) is 1.89. The second-order valence-electron chi connectivity index (χ2n) is 5.17. The number of anilines is 1. The van der Waals surface area contributed by atoms with Gasteiger partial charge >= 0.3 is 0 Å². The van der Waals surface area contributed by atoms with E-state index < -0.39 is 0 Å². The molecule has 0 saturated heterocycles. The van der Waals surface area contributed by atoms with E-state index in [1.165, 1.54) is 0 Å². The molecule has 126 valence electrons. The van der Waals surface area contributed by atoms with Crippen molar-refractivity contribution >= 4 is 27.5 Å². The fourth-order valence-corrected chi connectivity index (χ4v) is 2.24. The molecular formula is C18H19BrN2O3. The van der Waals surface area contributed by atoms with E-state index in [0.29, 0.717) is 17.2 Å². The molecular weight excluding hydrogens is 372 g/mol. The van der Waals surface area contributed by atoms with E-state index in [1.807, 2.05) is 38.4 Å². The Kier molecular flexibility index (Phi) is 6.26. The van der Waals surface area contributed by atoms with Crippen LogP contribution in [0.3, 0.4) is 0 Å². The fraction of sp³-hybridized carbons (Fsp3) is 0.167. The van der Waals surface area contributed by atoms with Crippen molar-refractivity contribution in [3.05, 3.63) is 65.0 Å². The van der Waals surface area contributed by atoms with Crippen molar-refractivity contribution in [1.82, 2.24) is 4.90 Å². The third kappa shape index (κ3) is 5.03. The van der Waals surface area contributed by atoms with Crippen molar-refractivity contribution in [2.45, 2.75) is 0 Å². The highest BCUT2D eigenvalue weighted by Gasteiger charge is 2.15. The van der Waals surface area contributed by atoms with E-state index in [-0.39, 0.29) is 11.7 Å².